The fourth-order valence-corrected chi connectivity index (χ4v) is 3.69. The Bertz CT molecular complexity index is 882. The maximum Gasteiger partial charge on any atom is 0.360 e. The van der Waals surface area contributed by atoms with Gasteiger partial charge in [0.05, 0.1) is 26.3 Å². The second kappa shape index (κ2) is 7.19. The van der Waals surface area contributed by atoms with Gasteiger partial charge in [0.2, 0.25) is 0 Å². The van der Waals surface area contributed by atoms with Crippen LogP contribution in [0.25, 0.3) is 21.8 Å². The second-order valence-electron chi connectivity index (χ2n) is 4.84. The molecule has 0 atom stereocenters. The van der Waals surface area contributed by atoms with E-state index in [2.05, 4.69) is 9.97 Å². The number of H-pyrrole nitrogens is 1. The number of hydrogen-bond acceptors (Lipinski definition) is 3. The van der Waals surface area contributed by atoms with Crippen molar-refractivity contribution >= 4 is 46.3 Å². The minimum Gasteiger partial charge on any atom is -0.332 e. The Morgan fingerprint density at radius 1 is 1.16 bits per heavy atom. The first-order valence-corrected chi connectivity index (χ1v) is 9.17. The number of benzene rings is 1. The van der Waals surface area contributed by atoms with Crippen molar-refractivity contribution in [3.8, 4) is 21.8 Å². The first kappa shape index (κ1) is 18.6. The van der Waals surface area contributed by atoms with Crippen molar-refractivity contribution in [3.63, 3.8) is 0 Å². The number of aromatic nitrogens is 2. The smallest absolute Gasteiger partial charge is 0.332 e. The Morgan fingerprint density at radius 2 is 1.92 bits per heavy atom. The molecule has 2 heterocycles. The molecular formula is C15H8Cl2F4N2S2. The molecule has 2 nitrogen and oxygen atoms in total. The van der Waals surface area contributed by atoms with Gasteiger partial charge in [-0.05, 0) is 35.3 Å². The zero-order valence-corrected chi connectivity index (χ0v) is 15.2. The minimum atomic E-state index is -4.25. The van der Waals surface area contributed by atoms with Crippen LogP contribution in [0.15, 0.2) is 40.9 Å². The third-order valence-electron chi connectivity index (χ3n) is 3.13. The van der Waals surface area contributed by atoms with Crippen LogP contribution < -0.4 is 0 Å². The van der Waals surface area contributed by atoms with E-state index in [9.17, 15) is 17.6 Å². The quantitative estimate of drug-likeness (QED) is 0.349. The molecule has 0 spiro atoms. The molecule has 0 amide bonds. The molecule has 25 heavy (non-hydrogen) atoms. The van der Waals surface area contributed by atoms with Gasteiger partial charge in [-0.2, -0.15) is 8.78 Å². The van der Waals surface area contributed by atoms with E-state index in [0.717, 1.165) is 4.88 Å². The molecule has 0 bridgehead atoms. The SMILES string of the molecule is FC(F)C(F)(F)Sc1nc(-c2ccc(Cl)c(Cl)c2)c(-c2cccs2)[nH]1. The first-order chi connectivity index (χ1) is 11.8. The van der Waals surface area contributed by atoms with Crippen molar-refractivity contribution in [2.45, 2.75) is 16.8 Å². The van der Waals surface area contributed by atoms with Crippen LogP contribution in [0.3, 0.4) is 0 Å². The van der Waals surface area contributed by atoms with E-state index in [1.54, 1.807) is 29.6 Å². The number of imidazole rings is 1. The summed E-state index contributed by atoms with van der Waals surface area (Å²) >= 11 is 12.9. The van der Waals surface area contributed by atoms with Gasteiger partial charge >= 0.3 is 11.7 Å². The molecule has 3 aromatic rings. The topological polar surface area (TPSA) is 28.7 Å². The summed E-state index contributed by atoms with van der Waals surface area (Å²) in [7, 11) is 0. The van der Waals surface area contributed by atoms with Crippen LogP contribution in [0, 0.1) is 0 Å². The van der Waals surface area contributed by atoms with Gasteiger partial charge < -0.3 is 4.98 Å². The molecule has 1 N–H and O–H groups in total. The summed E-state index contributed by atoms with van der Waals surface area (Å²) < 4.78 is 51.6. The highest BCUT2D eigenvalue weighted by atomic mass is 35.5. The summed E-state index contributed by atoms with van der Waals surface area (Å²) in [5, 5.41) is -2.16. The summed E-state index contributed by atoms with van der Waals surface area (Å²) in [6.45, 7) is 0. The number of thiophene rings is 1. The van der Waals surface area contributed by atoms with Crippen molar-refractivity contribution in [2.75, 3.05) is 0 Å². The molecule has 3 rings (SSSR count). The van der Waals surface area contributed by atoms with Crippen LogP contribution in [0.4, 0.5) is 17.6 Å². The Labute approximate surface area is 158 Å². The first-order valence-electron chi connectivity index (χ1n) is 6.72. The van der Waals surface area contributed by atoms with Crippen molar-refractivity contribution in [2.24, 2.45) is 0 Å². The molecule has 0 saturated heterocycles. The van der Waals surface area contributed by atoms with Gasteiger partial charge in [-0.1, -0.05) is 35.3 Å². The normalized spacial score (nSPS) is 12.1. The highest BCUT2D eigenvalue weighted by Gasteiger charge is 2.43. The number of nitrogens with zero attached hydrogens (tertiary/aromatic N) is 1. The lowest BCUT2D eigenvalue weighted by Crippen LogP contribution is -2.21. The van der Waals surface area contributed by atoms with Gasteiger partial charge in [-0.15, -0.1) is 11.3 Å². The Hall–Kier alpha value is -1.22. The lowest BCUT2D eigenvalue weighted by atomic mass is 10.1. The highest BCUT2D eigenvalue weighted by Crippen LogP contribution is 2.43. The molecule has 0 saturated carbocycles. The Balaban J connectivity index is 2.08. The highest BCUT2D eigenvalue weighted by molar-refractivity contribution is 8.00. The number of aromatic amines is 1. The number of hydrogen-bond donors (Lipinski definition) is 1. The zero-order valence-electron chi connectivity index (χ0n) is 12.1. The monoisotopic (exact) mass is 426 g/mol. The fraction of sp³-hybridized carbons (Fsp3) is 0.133. The van der Waals surface area contributed by atoms with Gasteiger partial charge in [0.1, 0.15) is 0 Å². The Kier molecular flexibility index (Phi) is 5.34. The van der Waals surface area contributed by atoms with Gasteiger partial charge in [0.25, 0.3) is 0 Å². The summed E-state index contributed by atoms with van der Waals surface area (Å²) in [4.78, 5) is 7.50. The predicted molar refractivity (Wildman–Crippen MR) is 94.2 cm³/mol. The molecule has 10 heteroatoms. The molecule has 0 radical (unpaired) electrons. The molecule has 1 aromatic carbocycles. The van der Waals surface area contributed by atoms with Crippen LogP contribution in [0.5, 0.6) is 0 Å². The van der Waals surface area contributed by atoms with E-state index in [4.69, 9.17) is 23.2 Å². The van der Waals surface area contributed by atoms with Crippen LogP contribution in [-0.4, -0.2) is 21.6 Å². The molecule has 0 unspecified atom stereocenters. The van der Waals surface area contributed by atoms with E-state index >= 15 is 0 Å². The molecule has 0 aliphatic carbocycles. The fourth-order valence-electron chi connectivity index (χ4n) is 2.02. The average molecular weight is 427 g/mol. The lowest BCUT2D eigenvalue weighted by molar-refractivity contribution is -0.0565. The number of nitrogens with one attached hydrogen (secondary N) is 1. The maximum atomic E-state index is 13.4. The van der Waals surface area contributed by atoms with Crippen LogP contribution in [0.1, 0.15) is 0 Å². The van der Waals surface area contributed by atoms with Gasteiger partial charge in [0, 0.05) is 5.56 Å². The number of thioether (sulfide) groups is 1. The van der Waals surface area contributed by atoms with E-state index in [-0.39, 0.29) is 21.9 Å². The summed E-state index contributed by atoms with van der Waals surface area (Å²) in [5.41, 5.74) is 1.30. The number of halogens is 6. The Morgan fingerprint density at radius 3 is 2.52 bits per heavy atom. The average Bonchev–Trinajstić information content (AvgIpc) is 3.18. The van der Waals surface area contributed by atoms with Crippen molar-refractivity contribution < 1.29 is 17.6 Å². The van der Waals surface area contributed by atoms with Crippen LogP contribution in [0.2, 0.25) is 10.0 Å². The van der Waals surface area contributed by atoms with Gasteiger partial charge in [-0.25, -0.2) is 13.8 Å². The molecule has 2 aromatic heterocycles. The van der Waals surface area contributed by atoms with E-state index in [1.807, 2.05) is 0 Å². The van der Waals surface area contributed by atoms with Gasteiger partial charge in [-0.3, -0.25) is 0 Å². The third-order valence-corrected chi connectivity index (χ3v) is 5.59. The second-order valence-corrected chi connectivity index (χ2v) is 7.73. The molecule has 0 aliphatic heterocycles. The summed E-state index contributed by atoms with van der Waals surface area (Å²) in [6.07, 6.45) is -3.80. The van der Waals surface area contributed by atoms with Crippen LogP contribution in [-0.2, 0) is 0 Å². The summed E-state index contributed by atoms with van der Waals surface area (Å²) in [5.74, 6) is 0. The van der Waals surface area contributed by atoms with Crippen LogP contribution >= 0.6 is 46.3 Å². The van der Waals surface area contributed by atoms with E-state index in [0.29, 0.717) is 22.0 Å². The standard InChI is InChI=1S/C15H8Cl2F4N2S2/c16-8-4-3-7(6-9(8)17)11-12(10-2-1-5-24-10)23-14(22-11)25-15(20,21)13(18)19/h1-6,13H,(H,22,23). The summed E-state index contributed by atoms with van der Waals surface area (Å²) in [6, 6.07) is 8.25. The molecular weight excluding hydrogens is 419 g/mol. The lowest BCUT2D eigenvalue weighted by Gasteiger charge is -2.11. The van der Waals surface area contributed by atoms with Crippen molar-refractivity contribution in [3.05, 3.63) is 45.8 Å². The minimum absolute atomic E-state index is 0.270. The molecule has 0 fully saturated rings. The van der Waals surface area contributed by atoms with E-state index < -0.39 is 11.7 Å². The van der Waals surface area contributed by atoms with Crippen molar-refractivity contribution in [1.82, 2.24) is 9.97 Å². The number of alkyl halides is 4. The third kappa shape index (κ3) is 3.97. The molecule has 132 valence electrons. The number of rotatable bonds is 5. The predicted octanol–water partition coefficient (Wildman–Crippen LogP) is 7.06. The molecule has 0 aliphatic rings. The maximum absolute atomic E-state index is 13.4. The van der Waals surface area contributed by atoms with Crippen molar-refractivity contribution in [1.29, 1.82) is 0 Å². The zero-order chi connectivity index (χ0) is 18.2. The van der Waals surface area contributed by atoms with Gasteiger partial charge in [0.15, 0.2) is 5.16 Å². The van der Waals surface area contributed by atoms with E-state index in [1.165, 1.54) is 17.4 Å². The largest absolute Gasteiger partial charge is 0.360 e.